The van der Waals surface area contributed by atoms with Crippen molar-refractivity contribution in [3.05, 3.63) is 28.7 Å². The van der Waals surface area contributed by atoms with Crippen molar-refractivity contribution in [3.63, 3.8) is 0 Å². The number of halogens is 1. The van der Waals surface area contributed by atoms with Gasteiger partial charge in [-0.3, -0.25) is 0 Å². The summed E-state index contributed by atoms with van der Waals surface area (Å²) in [5, 5.41) is 5.75. The SMILES string of the molecule is CC(NC(=O)Nc1ccc(Br)cc1)C1CC1. The Morgan fingerprint density at radius 2 is 2.00 bits per heavy atom. The lowest BCUT2D eigenvalue weighted by atomic mass is 10.2. The topological polar surface area (TPSA) is 41.1 Å². The molecule has 0 heterocycles. The molecule has 4 heteroatoms. The van der Waals surface area contributed by atoms with Crippen LogP contribution < -0.4 is 10.6 Å². The van der Waals surface area contributed by atoms with Gasteiger partial charge in [0.15, 0.2) is 0 Å². The van der Waals surface area contributed by atoms with Crippen LogP contribution in [0.1, 0.15) is 19.8 Å². The van der Waals surface area contributed by atoms with E-state index in [0.717, 1.165) is 10.2 Å². The first kappa shape index (κ1) is 11.5. The van der Waals surface area contributed by atoms with E-state index in [9.17, 15) is 4.79 Å². The van der Waals surface area contributed by atoms with Crippen molar-refractivity contribution in [2.75, 3.05) is 5.32 Å². The molecule has 0 aromatic heterocycles. The molecular formula is C12H15BrN2O. The standard InChI is InChI=1S/C12H15BrN2O/c1-8(9-2-3-9)14-12(16)15-11-6-4-10(13)5-7-11/h4-9H,2-3H2,1H3,(H2,14,15,16). The van der Waals surface area contributed by atoms with Crippen LogP contribution in [0.5, 0.6) is 0 Å². The number of hydrogen-bond acceptors (Lipinski definition) is 1. The van der Waals surface area contributed by atoms with Crippen LogP contribution in [0.4, 0.5) is 10.5 Å². The molecule has 0 saturated heterocycles. The van der Waals surface area contributed by atoms with Gasteiger partial charge in [0, 0.05) is 16.2 Å². The summed E-state index contributed by atoms with van der Waals surface area (Å²) in [5.74, 6) is 0.677. The molecule has 86 valence electrons. The van der Waals surface area contributed by atoms with Gasteiger partial charge in [0.25, 0.3) is 0 Å². The second-order valence-electron chi connectivity index (χ2n) is 4.23. The lowest BCUT2D eigenvalue weighted by Gasteiger charge is -2.13. The average molecular weight is 283 g/mol. The summed E-state index contributed by atoms with van der Waals surface area (Å²) in [5.41, 5.74) is 0.809. The maximum Gasteiger partial charge on any atom is 0.319 e. The van der Waals surface area contributed by atoms with Crippen molar-refractivity contribution in [1.82, 2.24) is 5.32 Å². The lowest BCUT2D eigenvalue weighted by Crippen LogP contribution is -2.37. The molecular weight excluding hydrogens is 268 g/mol. The maximum atomic E-state index is 11.6. The average Bonchev–Trinajstić information content (AvgIpc) is 3.04. The zero-order valence-corrected chi connectivity index (χ0v) is 10.8. The molecule has 0 bridgehead atoms. The fraction of sp³-hybridized carbons (Fsp3) is 0.417. The number of benzene rings is 1. The Morgan fingerprint density at radius 3 is 2.56 bits per heavy atom. The molecule has 2 amide bonds. The van der Waals surface area contributed by atoms with E-state index in [-0.39, 0.29) is 12.1 Å². The van der Waals surface area contributed by atoms with Crippen LogP contribution in [-0.2, 0) is 0 Å². The Hall–Kier alpha value is -1.03. The van der Waals surface area contributed by atoms with E-state index in [1.807, 2.05) is 24.3 Å². The van der Waals surface area contributed by atoms with Gasteiger partial charge in [-0.25, -0.2) is 4.79 Å². The first-order valence-corrected chi connectivity index (χ1v) is 6.27. The minimum atomic E-state index is -0.123. The van der Waals surface area contributed by atoms with E-state index in [1.165, 1.54) is 12.8 Å². The Kier molecular flexibility index (Phi) is 3.49. The highest BCUT2D eigenvalue weighted by atomic mass is 79.9. The summed E-state index contributed by atoms with van der Waals surface area (Å²) in [6.07, 6.45) is 2.47. The van der Waals surface area contributed by atoms with Gasteiger partial charge in [0.05, 0.1) is 0 Å². The van der Waals surface area contributed by atoms with Crippen molar-refractivity contribution in [2.24, 2.45) is 5.92 Å². The molecule has 0 radical (unpaired) electrons. The van der Waals surface area contributed by atoms with E-state index in [4.69, 9.17) is 0 Å². The summed E-state index contributed by atoms with van der Waals surface area (Å²) < 4.78 is 1.00. The highest BCUT2D eigenvalue weighted by Crippen LogP contribution is 2.32. The van der Waals surface area contributed by atoms with Gasteiger partial charge in [0.2, 0.25) is 0 Å². The molecule has 1 fully saturated rings. The molecule has 1 unspecified atom stereocenters. The number of anilines is 1. The maximum absolute atomic E-state index is 11.6. The summed E-state index contributed by atoms with van der Waals surface area (Å²) in [4.78, 5) is 11.6. The fourth-order valence-electron chi connectivity index (χ4n) is 1.62. The van der Waals surface area contributed by atoms with Gasteiger partial charge in [-0.1, -0.05) is 15.9 Å². The third kappa shape index (κ3) is 3.23. The Labute approximate surface area is 104 Å². The van der Waals surface area contributed by atoms with Crippen LogP contribution in [0.25, 0.3) is 0 Å². The number of urea groups is 1. The third-order valence-electron chi connectivity index (χ3n) is 2.79. The molecule has 1 saturated carbocycles. The van der Waals surface area contributed by atoms with Gasteiger partial charge in [-0.15, -0.1) is 0 Å². The second kappa shape index (κ2) is 4.87. The third-order valence-corrected chi connectivity index (χ3v) is 3.32. The van der Waals surface area contributed by atoms with Crippen LogP contribution in [-0.4, -0.2) is 12.1 Å². The molecule has 0 aliphatic heterocycles. The summed E-state index contributed by atoms with van der Waals surface area (Å²) >= 11 is 3.35. The monoisotopic (exact) mass is 282 g/mol. The first-order chi connectivity index (χ1) is 7.65. The van der Waals surface area contributed by atoms with Crippen LogP contribution >= 0.6 is 15.9 Å². The number of amides is 2. The number of rotatable bonds is 3. The van der Waals surface area contributed by atoms with Crippen molar-refractivity contribution < 1.29 is 4.79 Å². The smallest absolute Gasteiger partial charge is 0.319 e. The Balaban J connectivity index is 1.84. The summed E-state index contributed by atoms with van der Waals surface area (Å²) in [6.45, 7) is 2.05. The van der Waals surface area contributed by atoms with E-state index < -0.39 is 0 Å². The zero-order valence-electron chi connectivity index (χ0n) is 9.16. The van der Waals surface area contributed by atoms with Gasteiger partial charge in [-0.05, 0) is 49.9 Å². The Bertz CT molecular complexity index is 373. The summed E-state index contributed by atoms with van der Waals surface area (Å²) in [7, 11) is 0. The van der Waals surface area contributed by atoms with E-state index in [0.29, 0.717) is 5.92 Å². The summed E-state index contributed by atoms with van der Waals surface area (Å²) in [6, 6.07) is 7.69. The molecule has 0 spiro atoms. The number of hydrogen-bond donors (Lipinski definition) is 2. The van der Waals surface area contributed by atoms with E-state index >= 15 is 0 Å². The zero-order chi connectivity index (χ0) is 11.5. The minimum Gasteiger partial charge on any atom is -0.335 e. The molecule has 2 N–H and O–H groups in total. The Morgan fingerprint density at radius 1 is 1.38 bits per heavy atom. The molecule has 1 aromatic carbocycles. The van der Waals surface area contributed by atoms with Gasteiger partial charge in [0.1, 0.15) is 0 Å². The number of nitrogens with one attached hydrogen (secondary N) is 2. The predicted octanol–water partition coefficient (Wildman–Crippen LogP) is 3.37. The molecule has 1 aliphatic rings. The lowest BCUT2D eigenvalue weighted by molar-refractivity contribution is 0.248. The predicted molar refractivity (Wildman–Crippen MR) is 68.5 cm³/mol. The van der Waals surface area contributed by atoms with Crippen LogP contribution in [0.2, 0.25) is 0 Å². The van der Waals surface area contributed by atoms with Crippen LogP contribution in [0, 0.1) is 5.92 Å². The highest BCUT2D eigenvalue weighted by molar-refractivity contribution is 9.10. The van der Waals surface area contributed by atoms with E-state index in [1.54, 1.807) is 0 Å². The van der Waals surface area contributed by atoms with Crippen molar-refractivity contribution >= 4 is 27.6 Å². The quantitative estimate of drug-likeness (QED) is 0.877. The van der Waals surface area contributed by atoms with Crippen molar-refractivity contribution in [2.45, 2.75) is 25.8 Å². The van der Waals surface area contributed by atoms with Gasteiger partial charge >= 0.3 is 6.03 Å². The fourth-order valence-corrected chi connectivity index (χ4v) is 1.89. The second-order valence-corrected chi connectivity index (χ2v) is 5.15. The molecule has 1 aliphatic carbocycles. The van der Waals surface area contributed by atoms with E-state index in [2.05, 4.69) is 33.5 Å². The molecule has 1 atom stereocenters. The molecule has 16 heavy (non-hydrogen) atoms. The van der Waals surface area contributed by atoms with Crippen molar-refractivity contribution in [1.29, 1.82) is 0 Å². The molecule has 1 aromatic rings. The minimum absolute atomic E-state index is 0.123. The van der Waals surface area contributed by atoms with Gasteiger partial charge < -0.3 is 10.6 Å². The molecule has 3 nitrogen and oxygen atoms in total. The number of carbonyl (C=O) groups is 1. The normalized spacial score (nSPS) is 16.6. The van der Waals surface area contributed by atoms with Crippen molar-refractivity contribution in [3.8, 4) is 0 Å². The van der Waals surface area contributed by atoms with Crippen LogP contribution in [0.3, 0.4) is 0 Å². The van der Waals surface area contributed by atoms with Gasteiger partial charge in [-0.2, -0.15) is 0 Å². The number of carbonyl (C=O) groups excluding carboxylic acids is 1. The largest absolute Gasteiger partial charge is 0.335 e. The molecule has 2 rings (SSSR count). The van der Waals surface area contributed by atoms with Crippen LogP contribution in [0.15, 0.2) is 28.7 Å². The highest BCUT2D eigenvalue weighted by Gasteiger charge is 2.28. The first-order valence-electron chi connectivity index (χ1n) is 5.48.